The van der Waals surface area contributed by atoms with Crippen molar-refractivity contribution in [3.8, 4) is 28.3 Å². The molecule has 0 aliphatic rings. The van der Waals surface area contributed by atoms with Crippen LogP contribution in [0.1, 0.15) is 34.5 Å². The Morgan fingerprint density at radius 1 is 1.09 bits per heavy atom. The van der Waals surface area contributed by atoms with Crippen LogP contribution >= 0.6 is 11.3 Å². The maximum Gasteiger partial charge on any atom is 0.252 e. The molecular weight excluding hydrogens is 452 g/mol. The molecule has 0 fully saturated rings. The molecule has 9 heteroatoms. The van der Waals surface area contributed by atoms with E-state index in [0.717, 1.165) is 27.3 Å². The normalized spacial score (nSPS) is 10.8. The first kappa shape index (κ1) is 23.2. The number of aryl methyl sites for hydroxylation is 2. The van der Waals surface area contributed by atoms with E-state index < -0.39 is 5.91 Å². The lowest BCUT2D eigenvalue weighted by molar-refractivity contribution is -0.116. The van der Waals surface area contributed by atoms with Crippen LogP contribution in [0.2, 0.25) is 0 Å². The number of hydrogen-bond acceptors (Lipinski definition) is 7. The predicted molar refractivity (Wildman–Crippen MR) is 131 cm³/mol. The number of thiophene rings is 1. The lowest BCUT2D eigenvalue weighted by atomic mass is 10.0. The first-order valence-electron chi connectivity index (χ1n) is 10.8. The molecule has 0 saturated heterocycles. The summed E-state index contributed by atoms with van der Waals surface area (Å²) in [6, 6.07) is 16.9. The van der Waals surface area contributed by atoms with Gasteiger partial charge in [-0.1, -0.05) is 35.5 Å². The molecule has 3 N–H and O–H groups in total. The predicted octanol–water partition coefficient (Wildman–Crippen LogP) is 4.84. The highest BCUT2D eigenvalue weighted by Gasteiger charge is 2.23. The summed E-state index contributed by atoms with van der Waals surface area (Å²) in [5, 5.41) is 7.26. The van der Waals surface area contributed by atoms with Gasteiger partial charge in [0.25, 0.3) is 5.91 Å². The van der Waals surface area contributed by atoms with Gasteiger partial charge in [-0.2, -0.15) is 4.98 Å². The van der Waals surface area contributed by atoms with E-state index in [9.17, 15) is 9.59 Å². The number of carbonyl (C=O) groups is 2. The summed E-state index contributed by atoms with van der Waals surface area (Å²) < 4.78 is 10.7. The minimum Gasteiger partial charge on any atom is -0.494 e. The van der Waals surface area contributed by atoms with E-state index in [2.05, 4.69) is 15.5 Å². The van der Waals surface area contributed by atoms with Gasteiger partial charge < -0.3 is 20.3 Å². The van der Waals surface area contributed by atoms with Crippen LogP contribution in [-0.4, -0.2) is 28.6 Å². The molecule has 4 aromatic rings. The van der Waals surface area contributed by atoms with E-state index in [-0.39, 0.29) is 18.7 Å². The monoisotopic (exact) mass is 476 g/mol. The summed E-state index contributed by atoms with van der Waals surface area (Å²) in [5.41, 5.74) is 8.39. The molecule has 2 heterocycles. The molecule has 2 amide bonds. The topological polar surface area (TPSA) is 120 Å². The standard InChI is InChI=1S/C25H24N4O4S/c1-3-32-18-11-9-17(10-12-18)24-28-20(33-29-24)14-13-19(30)27-25-22(23(26)31)21(15(2)34-25)16-7-5-4-6-8-16/h4-12H,3,13-14H2,1-2H3,(H2,26,31)(H,27,30). The Bertz CT molecular complexity index is 1300. The Hall–Kier alpha value is -3.98. The molecule has 0 unspecified atom stereocenters. The second-order valence-electron chi connectivity index (χ2n) is 7.48. The van der Waals surface area contributed by atoms with Gasteiger partial charge in [0.2, 0.25) is 17.6 Å². The summed E-state index contributed by atoms with van der Waals surface area (Å²) in [4.78, 5) is 30.1. The van der Waals surface area contributed by atoms with Crippen LogP contribution in [0.3, 0.4) is 0 Å². The summed E-state index contributed by atoms with van der Waals surface area (Å²) >= 11 is 1.33. The van der Waals surface area contributed by atoms with Crippen molar-refractivity contribution in [1.82, 2.24) is 10.1 Å². The van der Waals surface area contributed by atoms with Crippen molar-refractivity contribution in [2.24, 2.45) is 5.73 Å². The minimum atomic E-state index is -0.588. The van der Waals surface area contributed by atoms with Crippen molar-refractivity contribution in [2.45, 2.75) is 26.7 Å². The number of anilines is 1. The van der Waals surface area contributed by atoms with Crippen molar-refractivity contribution in [2.75, 3.05) is 11.9 Å². The fourth-order valence-corrected chi connectivity index (χ4v) is 4.67. The number of nitrogens with one attached hydrogen (secondary N) is 1. The zero-order valence-electron chi connectivity index (χ0n) is 18.8. The zero-order chi connectivity index (χ0) is 24.1. The average Bonchev–Trinajstić information content (AvgIpc) is 3.43. The number of benzene rings is 2. The molecule has 8 nitrogen and oxygen atoms in total. The molecule has 4 rings (SSSR count). The van der Waals surface area contributed by atoms with E-state index in [0.29, 0.717) is 28.9 Å². The summed E-state index contributed by atoms with van der Waals surface area (Å²) in [6.07, 6.45) is 0.373. The van der Waals surface area contributed by atoms with Crippen molar-refractivity contribution >= 4 is 28.2 Å². The molecule has 0 atom stereocenters. The molecule has 0 spiro atoms. The molecule has 2 aromatic heterocycles. The van der Waals surface area contributed by atoms with Gasteiger partial charge in [-0.05, 0) is 43.7 Å². The summed E-state index contributed by atoms with van der Waals surface area (Å²) in [5.74, 6) is 0.693. The van der Waals surface area contributed by atoms with Crippen LogP contribution in [0.5, 0.6) is 5.75 Å². The molecular formula is C25H24N4O4S. The highest BCUT2D eigenvalue weighted by Crippen LogP contribution is 2.39. The maximum absolute atomic E-state index is 12.6. The Morgan fingerprint density at radius 3 is 2.50 bits per heavy atom. The van der Waals surface area contributed by atoms with Crippen LogP contribution in [0, 0.1) is 6.92 Å². The summed E-state index contributed by atoms with van der Waals surface area (Å²) in [6.45, 7) is 4.41. The van der Waals surface area contributed by atoms with Gasteiger partial charge in [0.1, 0.15) is 10.8 Å². The minimum absolute atomic E-state index is 0.112. The first-order chi connectivity index (χ1) is 16.5. The molecule has 34 heavy (non-hydrogen) atoms. The quantitative estimate of drug-likeness (QED) is 0.357. The molecule has 0 saturated carbocycles. The lowest BCUT2D eigenvalue weighted by Crippen LogP contribution is -2.17. The largest absolute Gasteiger partial charge is 0.494 e. The van der Waals surface area contributed by atoms with Gasteiger partial charge in [0.15, 0.2) is 0 Å². The van der Waals surface area contributed by atoms with Crippen LogP contribution in [-0.2, 0) is 11.2 Å². The van der Waals surface area contributed by atoms with E-state index in [4.69, 9.17) is 15.0 Å². The van der Waals surface area contributed by atoms with Crippen LogP contribution < -0.4 is 15.8 Å². The van der Waals surface area contributed by atoms with Gasteiger partial charge in [0, 0.05) is 28.8 Å². The molecule has 174 valence electrons. The Labute approximate surface area is 200 Å². The third-order valence-electron chi connectivity index (χ3n) is 5.10. The van der Waals surface area contributed by atoms with Crippen molar-refractivity contribution in [3.05, 3.63) is 70.9 Å². The van der Waals surface area contributed by atoms with Crippen molar-refractivity contribution in [3.63, 3.8) is 0 Å². The van der Waals surface area contributed by atoms with Crippen molar-refractivity contribution < 1.29 is 18.8 Å². The van der Waals surface area contributed by atoms with Crippen LogP contribution in [0.25, 0.3) is 22.5 Å². The molecule has 2 aromatic carbocycles. The van der Waals surface area contributed by atoms with E-state index in [1.807, 2.05) is 68.4 Å². The highest BCUT2D eigenvalue weighted by atomic mass is 32.1. The first-order valence-corrected chi connectivity index (χ1v) is 11.6. The smallest absolute Gasteiger partial charge is 0.252 e. The molecule has 0 radical (unpaired) electrons. The number of primary amides is 1. The molecule has 0 bridgehead atoms. The second-order valence-corrected chi connectivity index (χ2v) is 8.71. The number of rotatable bonds is 9. The zero-order valence-corrected chi connectivity index (χ0v) is 19.6. The van der Waals surface area contributed by atoms with Gasteiger partial charge >= 0.3 is 0 Å². The van der Waals surface area contributed by atoms with Crippen LogP contribution in [0.15, 0.2) is 59.1 Å². The number of amides is 2. The number of hydrogen-bond donors (Lipinski definition) is 2. The van der Waals surface area contributed by atoms with Gasteiger partial charge in [-0.25, -0.2) is 0 Å². The lowest BCUT2D eigenvalue weighted by Gasteiger charge is -2.06. The van der Waals surface area contributed by atoms with E-state index >= 15 is 0 Å². The third-order valence-corrected chi connectivity index (χ3v) is 6.12. The van der Waals surface area contributed by atoms with Gasteiger partial charge in [-0.15, -0.1) is 11.3 Å². The second kappa shape index (κ2) is 10.3. The average molecular weight is 477 g/mol. The van der Waals surface area contributed by atoms with E-state index in [1.165, 1.54) is 11.3 Å². The van der Waals surface area contributed by atoms with Crippen molar-refractivity contribution in [1.29, 1.82) is 0 Å². The Kier molecular flexibility index (Phi) is 7.03. The number of aromatic nitrogens is 2. The number of nitrogens with zero attached hydrogens (tertiary/aromatic N) is 2. The van der Waals surface area contributed by atoms with E-state index in [1.54, 1.807) is 0 Å². The Balaban J connectivity index is 1.43. The maximum atomic E-state index is 12.6. The fraction of sp³-hybridized carbons (Fsp3) is 0.200. The number of ether oxygens (including phenoxy) is 1. The third kappa shape index (κ3) is 5.15. The number of carbonyl (C=O) groups excluding carboxylic acids is 2. The fourth-order valence-electron chi connectivity index (χ4n) is 3.57. The summed E-state index contributed by atoms with van der Waals surface area (Å²) in [7, 11) is 0. The SMILES string of the molecule is CCOc1ccc(-c2noc(CCC(=O)Nc3sc(C)c(-c4ccccc4)c3C(N)=O)n2)cc1. The van der Waals surface area contributed by atoms with Gasteiger partial charge in [0.05, 0.1) is 12.2 Å². The van der Waals surface area contributed by atoms with Gasteiger partial charge in [-0.3, -0.25) is 9.59 Å². The number of nitrogens with two attached hydrogens (primary N) is 1. The highest BCUT2D eigenvalue weighted by molar-refractivity contribution is 7.17. The molecule has 0 aliphatic carbocycles. The molecule has 0 aliphatic heterocycles. The Morgan fingerprint density at radius 2 is 1.82 bits per heavy atom. The van der Waals surface area contributed by atoms with Crippen LogP contribution in [0.4, 0.5) is 5.00 Å².